The van der Waals surface area contributed by atoms with Gasteiger partial charge in [0.2, 0.25) is 0 Å². The highest BCUT2D eigenvalue weighted by molar-refractivity contribution is 14.0. The van der Waals surface area contributed by atoms with Gasteiger partial charge in [0.05, 0.1) is 75.6 Å². The Kier molecular flexibility index (Phi) is 30.3. The minimum absolute atomic E-state index is 0. The number of halogens is 2. The van der Waals surface area contributed by atoms with Crippen LogP contribution in [0, 0.1) is 45.3 Å². The maximum atomic E-state index is 14.9. The van der Waals surface area contributed by atoms with Gasteiger partial charge in [-0.1, -0.05) is 43.5 Å². The maximum absolute atomic E-state index is 14.9. The van der Waals surface area contributed by atoms with E-state index in [1.807, 2.05) is 44.7 Å². The number of ether oxygens (including phenoxy) is 8. The summed E-state index contributed by atoms with van der Waals surface area (Å²) in [7, 11) is 7.10. The van der Waals surface area contributed by atoms with E-state index in [0.29, 0.717) is 59.5 Å². The average Bonchev–Trinajstić information content (AvgIpc) is 1.54. The number of amides is 6. The molecule has 8 saturated carbocycles. The molecular weight excluding hydrogens is 1970 g/mol. The number of urea groups is 1. The number of nitrogens with one attached hydrogen (secondary N) is 4. The van der Waals surface area contributed by atoms with Gasteiger partial charge >= 0.3 is 6.03 Å². The molecule has 136 heavy (non-hydrogen) atoms. The first-order valence-corrected chi connectivity index (χ1v) is 52.9. The van der Waals surface area contributed by atoms with Crippen molar-refractivity contribution in [3.63, 3.8) is 0 Å². The fourth-order valence-electron chi connectivity index (χ4n) is 23.7. The third kappa shape index (κ3) is 18.9. The van der Waals surface area contributed by atoms with E-state index in [1.54, 1.807) is 97.7 Å². The van der Waals surface area contributed by atoms with Gasteiger partial charge in [-0.15, -0.1) is 80.9 Å². The van der Waals surface area contributed by atoms with Crippen LogP contribution in [0.1, 0.15) is 226 Å². The number of alkyl halides is 1. The first-order chi connectivity index (χ1) is 64.7. The zero-order chi connectivity index (χ0) is 91.5. The molecule has 8 spiro atoms. The number of benzene rings is 4. The third-order valence-electron chi connectivity index (χ3n) is 31.6. The summed E-state index contributed by atoms with van der Waals surface area (Å²) in [6, 6.07) is 24.6. The lowest BCUT2D eigenvalue weighted by atomic mass is 9.61. The Morgan fingerprint density at radius 2 is 0.772 bits per heavy atom. The van der Waals surface area contributed by atoms with Gasteiger partial charge < -0.3 is 65.7 Å². The first kappa shape index (κ1) is 99.7. The fourth-order valence-corrected chi connectivity index (χ4v) is 27.5. The number of carbonyl (C=O) groups is 5. The van der Waals surface area contributed by atoms with E-state index in [-0.39, 0.29) is 107 Å². The maximum Gasteiger partial charge on any atom is 0.322 e. The molecule has 8 aromatic rings. The zero-order valence-corrected chi connectivity index (χ0v) is 85.0. The summed E-state index contributed by atoms with van der Waals surface area (Å²) in [5.74, 6) is 7.34. The molecule has 35 heteroatoms. The van der Waals surface area contributed by atoms with Crippen LogP contribution in [0.3, 0.4) is 0 Å². The van der Waals surface area contributed by atoms with Crippen LogP contribution < -0.4 is 52.1 Å². The van der Waals surface area contributed by atoms with Crippen LogP contribution in [0.4, 0.5) is 4.79 Å². The van der Waals surface area contributed by atoms with E-state index < -0.39 is 28.2 Å². The van der Waals surface area contributed by atoms with Crippen LogP contribution in [-0.2, 0) is 111 Å². The molecule has 12 aliphatic carbocycles. The van der Waals surface area contributed by atoms with Gasteiger partial charge in [-0.25, -0.2) is 34.7 Å². The SMILES string of the molecule is C.COC1CCC2(CC1)Cc1ccc(OCC3CC3)cc1C21N=C(N)N(Cc2nccs2)C1=O.COC1CCC2(CC1)Cc1ccc(OCC3CC3)cc1C21N=C(SCc2nccs2)N(Cc2nccs2)C1=O.COC1CCC2(CC1)Cc1ccc(OCC3CC3)cc1C21NC(=O)NC1=O.COC1CCC2(CC1)Cc1ccc(OCC3CC3)cc1C21NC(=S)NC1=O.ClCc1nccs1.I.N. The Balaban J connectivity index is 0.000000123. The Bertz CT molecular complexity index is 5540. The quantitative estimate of drug-likeness (QED) is 0.0150. The van der Waals surface area contributed by atoms with Crippen molar-refractivity contribution in [2.75, 3.05) is 54.9 Å². The van der Waals surface area contributed by atoms with E-state index in [2.05, 4.69) is 102 Å². The minimum atomic E-state index is -0.999. The third-order valence-corrected chi connectivity index (χ3v) is 36.5. The number of fused-ring (bicyclic) bond motifs is 12. The van der Waals surface area contributed by atoms with Gasteiger partial charge in [-0.2, -0.15) is 0 Å². The molecule has 2 saturated heterocycles. The van der Waals surface area contributed by atoms with Crippen molar-refractivity contribution in [2.24, 2.45) is 61.1 Å². The molecule has 10 fully saturated rings. The van der Waals surface area contributed by atoms with Crippen molar-refractivity contribution < 1.29 is 61.9 Å². The second-order valence-electron chi connectivity index (χ2n) is 39.4. The van der Waals surface area contributed by atoms with Crippen molar-refractivity contribution in [1.82, 2.24) is 57.2 Å². The van der Waals surface area contributed by atoms with E-state index >= 15 is 0 Å². The number of amidine groups is 1. The van der Waals surface area contributed by atoms with E-state index in [9.17, 15) is 24.0 Å². The Labute approximate surface area is 844 Å². The monoisotopic (exact) mass is 2100 g/mol. The van der Waals surface area contributed by atoms with Gasteiger partial charge in [0.1, 0.15) is 43.0 Å². The summed E-state index contributed by atoms with van der Waals surface area (Å²) >= 11 is 18.7. The summed E-state index contributed by atoms with van der Waals surface area (Å²) in [5.41, 5.74) is 10.5. The number of carbonyl (C=O) groups excluding carboxylic acids is 5. The van der Waals surface area contributed by atoms with Crippen molar-refractivity contribution in [1.29, 1.82) is 0 Å². The van der Waals surface area contributed by atoms with Crippen LogP contribution in [-0.4, -0.2) is 155 Å². The second kappa shape index (κ2) is 41.4. The number of imide groups is 1. The number of methoxy groups -OCH3 is 4. The average molecular weight is 2100 g/mol. The van der Waals surface area contributed by atoms with Crippen LogP contribution in [0.15, 0.2) is 129 Å². The summed E-state index contributed by atoms with van der Waals surface area (Å²) in [6.45, 7) is 3.77. The molecule has 0 bridgehead atoms. The molecule has 8 heterocycles. The molecular formula is C101H126ClIN14O13S6. The van der Waals surface area contributed by atoms with E-state index in [4.69, 9.17) is 77.4 Å². The van der Waals surface area contributed by atoms with Crippen LogP contribution >= 0.6 is 105 Å². The highest BCUT2D eigenvalue weighted by Crippen LogP contribution is 2.67. The number of rotatable bonds is 23. The van der Waals surface area contributed by atoms with Crippen molar-refractivity contribution in [3.05, 3.63) is 184 Å². The Morgan fingerprint density at radius 3 is 1.11 bits per heavy atom. The number of aromatic nitrogens is 4. The molecule has 16 aliphatic rings. The largest absolute Gasteiger partial charge is 0.493 e. The lowest BCUT2D eigenvalue weighted by molar-refractivity contribution is -0.139. The number of hydrogen-bond donors (Lipinski definition) is 6. The predicted octanol–water partition coefficient (Wildman–Crippen LogP) is 18.4. The number of thiocarbonyl (C=S) groups is 1. The van der Waals surface area contributed by atoms with Crippen LogP contribution in [0.25, 0.3) is 0 Å². The number of nitrogens with zero attached hydrogens (tertiary/aromatic N) is 8. The summed E-state index contributed by atoms with van der Waals surface area (Å²) < 4.78 is 46.9. The molecule has 6 amide bonds. The minimum Gasteiger partial charge on any atom is -0.493 e. The van der Waals surface area contributed by atoms with Gasteiger partial charge in [0, 0.05) is 96.4 Å². The standard InChI is InChI=1S/C29H32N4O3S3.C25H30N4O3S.C21H26N2O4.C21H26N2O3S.C4H4ClNS.CH4.HI.H3N/c1-35-21-6-8-28(9-7-21)15-20-4-5-22(36-17-19-2-3-19)14-23(20)29(28)26(34)33(16-24-30-10-12-37-24)27(32-29)39-18-25-31-11-13-38-25;1-31-18-6-8-24(9-7-18)13-17-4-5-19(32-15-16-2-3-16)12-20(17)25(24)22(30)29(23(26)28-25)14-21-27-10-11-33-21;1-26-15-6-8-20(9-7-15)11-14-4-5-16(27-12-13-2-3-13)10-17(14)21(20)18(24)22-19(25)23-21;1-25-15-6-8-20(9-7-15)11-14-4-5-16(26-12-13-2-3-13)10-17(14)21(20)18(24)22-19(27)23-21;5-3-4-6-1-2-7-4;;;/h4-5,10-14,19,21H,2-3,6-9,15-18H2,1H3;4-5,10-12,16,18H,2-3,6-9,13-15H2,1H3,(H2,26,28);4-5,10,13,15H,2-3,6-9,11-12H2,1H3,(H2,22,23,24,25);4-5,10,13,15H,2-3,6-9,11-12H2,1H3,(H2,22,23,24,27);1-2H,3H2;1H4;1H;1H3. The van der Waals surface area contributed by atoms with E-state index in [0.717, 1.165) is 231 Å². The summed E-state index contributed by atoms with van der Waals surface area (Å²) in [4.78, 5) is 99.1. The molecule has 728 valence electrons. The molecule has 27 nitrogen and oxygen atoms in total. The molecule has 4 atom stereocenters. The highest BCUT2D eigenvalue weighted by Gasteiger charge is 2.71. The summed E-state index contributed by atoms with van der Waals surface area (Å²) in [6.07, 6.45) is 36.1. The molecule has 9 N–H and O–H groups in total. The number of thiazole rings is 4. The molecule has 4 aromatic heterocycles. The Morgan fingerprint density at radius 1 is 0.441 bits per heavy atom. The van der Waals surface area contributed by atoms with Gasteiger partial charge in [0.25, 0.3) is 23.6 Å². The van der Waals surface area contributed by atoms with Crippen molar-refractivity contribution in [3.8, 4) is 23.0 Å². The smallest absolute Gasteiger partial charge is 0.322 e. The predicted molar refractivity (Wildman–Crippen MR) is 544 cm³/mol. The van der Waals surface area contributed by atoms with Crippen molar-refractivity contribution >= 4 is 151 Å². The number of thioether (sulfide) groups is 1. The second-order valence-corrected chi connectivity index (χ2v) is 44.9. The lowest BCUT2D eigenvalue weighted by Crippen LogP contribution is -2.56. The first-order valence-electron chi connectivity index (χ1n) is 47.4. The Hall–Kier alpha value is -7.85. The van der Waals surface area contributed by atoms with Gasteiger partial charge in [-0.3, -0.25) is 34.3 Å². The molecule has 4 unspecified atom stereocenters. The number of hydrogen-bond acceptors (Lipinski definition) is 27. The molecule has 4 aliphatic heterocycles. The van der Waals surface area contributed by atoms with Crippen LogP contribution in [0.5, 0.6) is 23.0 Å². The van der Waals surface area contributed by atoms with Gasteiger partial charge in [-0.05, 0) is 309 Å². The lowest BCUT2D eigenvalue weighted by Gasteiger charge is -2.46. The molecule has 4 aromatic carbocycles. The van der Waals surface area contributed by atoms with E-state index in [1.165, 1.54) is 79.4 Å². The van der Waals surface area contributed by atoms with Crippen LogP contribution in [0.2, 0.25) is 0 Å². The molecule has 0 radical (unpaired) electrons. The normalized spacial score (nSPS) is 29.7. The summed E-state index contributed by atoms with van der Waals surface area (Å²) in [5, 5.41) is 24.6. The fraction of sp³-hybridized carbons (Fsp3) is 0.564. The number of nitrogens with two attached hydrogens (primary N) is 1. The van der Waals surface area contributed by atoms with Crippen molar-refractivity contribution in [2.45, 2.75) is 259 Å². The zero-order valence-electron chi connectivity index (χ0n) is 77.0. The topological polar surface area (TPSA) is 351 Å². The number of aliphatic imine (C=N–C) groups is 2. The highest BCUT2D eigenvalue weighted by atomic mass is 127. The van der Waals surface area contributed by atoms with Gasteiger partial charge in [0.15, 0.2) is 38.4 Å². The molecule has 24 rings (SSSR count). The number of guanidine groups is 1.